The number of hydrogen-bond acceptors (Lipinski definition) is 4. The van der Waals surface area contributed by atoms with E-state index in [0.717, 1.165) is 12.0 Å². The van der Waals surface area contributed by atoms with Gasteiger partial charge in [0.1, 0.15) is 6.04 Å². The highest BCUT2D eigenvalue weighted by Crippen LogP contribution is 2.24. The lowest BCUT2D eigenvalue weighted by atomic mass is 10.1. The van der Waals surface area contributed by atoms with Crippen molar-refractivity contribution in [2.45, 2.75) is 31.8 Å². The van der Waals surface area contributed by atoms with E-state index >= 15 is 0 Å². The molecule has 2 aliphatic rings. The van der Waals surface area contributed by atoms with Crippen molar-refractivity contribution in [1.29, 1.82) is 5.26 Å². The van der Waals surface area contributed by atoms with Crippen LogP contribution in [0.5, 0.6) is 0 Å². The number of nitriles is 1. The summed E-state index contributed by atoms with van der Waals surface area (Å²) in [5, 5.41) is 10.3. The van der Waals surface area contributed by atoms with E-state index in [4.69, 9.17) is 10.1 Å². The van der Waals surface area contributed by atoms with Crippen LogP contribution in [-0.2, 0) is 21.0 Å². The zero-order chi connectivity index (χ0) is 15.5. The smallest absolute Gasteiger partial charge is 0.268 e. The summed E-state index contributed by atoms with van der Waals surface area (Å²) in [4.78, 5) is 31.5. The quantitative estimate of drug-likeness (QED) is 0.841. The van der Waals surface area contributed by atoms with E-state index in [1.54, 1.807) is 23.1 Å². The molecule has 22 heavy (non-hydrogen) atoms. The minimum atomic E-state index is -0.462. The molecule has 2 heterocycles. The monoisotopic (exact) mass is 299 g/mol. The normalized spacial score (nSPS) is 21.2. The van der Waals surface area contributed by atoms with Gasteiger partial charge in [-0.1, -0.05) is 12.1 Å². The van der Waals surface area contributed by atoms with Gasteiger partial charge in [0, 0.05) is 13.0 Å². The van der Waals surface area contributed by atoms with Crippen molar-refractivity contribution in [3.63, 3.8) is 0 Å². The zero-order valence-electron chi connectivity index (χ0n) is 12.2. The van der Waals surface area contributed by atoms with Gasteiger partial charge in [-0.15, -0.1) is 0 Å². The lowest BCUT2D eigenvalue weighted by Gasteiger charge is -2.27. The van der Waals surface area contributed by atoms with Gasteiger partial charge in [-0.25, -0.2) is 5.06 Å². The first-order valence-corrected chi connectivity index (χ1v) is 7.42. The fourth-order valence-electron chi connectivity index (χ4n) is 2.91. The minimum Gasteiger partial charge on any atom is -0.326 e. The largest absolute Gasteiger partial charge is 0.326 e. The van der Waals surface area contributed by atoms with Crippen LogP contribution in [0.2, 0.25) is 0 Å². The molecule has 2 fully saturated rings. The fraction of sp³-hybridized carbons (Fsp3) is 0.438. The Hall–Kier alpha value is -2.39. The van der Waals surface area contributed by atoms with E-state index < -0.39 is 6.04 Å². The third-order valence-corrected chi connectivity index (χ3v) is 4.02. The number of rotatable bonds is 3. The van der Waals surface area contributed by atoms with Crippen molar-refractivity contribution >= 4 is 11.8 Å². The Balaban J connectivity index is 1.76. The maximum Gasteiger partial charge on any atom is 0.268 e. The molecule has 1 unspecified atom stereocenters. The number of likely N-dealkylation sites (tertiary alicyclic amines) is 1. The number of hydrogen-bond donors (Lipinski definition) is 0. The average Bonchev–Trinajstić information content (AvgIpc) is 3.18. The third-order valence-electron chi connectivity index (χ3n) is 4.02. The highest BCUT2D eigenvalue weighted by molar-refractivity contribution is 5.90. The number of amides is 2. The van der Waals surface area contributed by atoms with Crippen LogP contribution < -0.4 is 0 Å². The topological polar surface area (TPSA) is 73.6 Å². The lowest BCUT2D eigenvalue weighted by Crippen LogP contribution is -2.45. The van der Waals surface area contributed by atoms with Crippen molar-refractivity contribution in [2.75, 3.05) is 13.2 Å². The summed E-state index contributed by atoms with van der Waals surface area (Å²) in [6.07, 6.45) is 1.73. The predicted octanol–water partition coefficient (Wildman–Crippen LogP) is 1.21. The molecule has 0 spiro atoms. The summed E-state index contributed by atoms with van der Waals surface area (Å²) in [5.74, 6) is -0.167. The van der Waals surface area contributed by atoms with E-state index in [1.165, 1.54) is 5.06 Å². The second-order valence-corrected chi connectivity index (χ2v) is 5.52. The van der Waals surface area contributed by atoms with Gasteiger partial charge in [-0.3, -0.25) is 14.4 Å². The van der Waals surface area contributed by atoms with Crippen molar-refractivity contribution in [3.8, 4) is 6.07 Å². The van der Waals surface area contributed by atoms with Crippen LogP contribution in [0.25, 0.3) is 0 Å². The molecule has 1 aromatic carbocycles. The molecule has 6 heteroatoms. The number of nitrogens with zero attached hydrogens (tertiary/aromatic N) is 3. The molecule has 1 aromatic rings. The van der Waals surface area contributed by atoms with Gasteiger partial charge in [-0.2, -0.15) is 5.26 Å². The van der Waals surface area contributed by atoms with Crippen LogP contribution in [0.1, 0.15) is 30.4 Å². The molecule has 3 rings (SSSR count). The Morgan fingerprint density at radius 1 is 1.45 bits per heavy atom. The van der Waals surface area contributed by atoms with Gasteiger partial charge in [-0.05, 0) is 30.5 Å². The molecule has 0 radical (unpaired) electrons. The molecular formula is C16H17N3O3. The summed E-state index contributed by atoms with van der Waals surface area (Å²) in [5.41, 5.74) is 1.41. The molecule has 0 aromatic heterocycles. The Morgan fingerprint density at radius 2 is 2.32 bits per heavy atom. The molecule has 2 amide bonds. The first-order chi connectivity index (χ1) is 10.7. The second-order valence-electron chi connectivity index (χ2n) is 5.52. The van der Waals surface area contributed by atoms with Gasteiger partial charge < -0.3 is 4.90 Å². The maximum atomic E-state index is 12.5. The van der Waals surface area contributed by atoms with Gasteiger partial charge in [0.15, 0.2) is 0 Å². The summed E-state index contributed by atoms with van der Waals surface area (Å²) < 4.78 is 0. The first kappa shape index (κ1) is 14.5. The molecule has 0 aliphatic carbocycles. The summed E-state index contributed by atoms with van der Waals surface area (Å²) in [6.45, 7) is 1.48. The van der Waals surface area contributed by atoms with Crippen LogP contribution in [0.4, 0.5) is 0 Å². The summed E-state index contributed by atoms with van der Waals surface area (Å²) in [6, 6.07) is 8.74. The van der Waals surface area contributed by atoms with Crippen LogP contribution in [-0.4, -0.2) is 41.0 Å². The number of carbonyl (C=O) groups is 2. The van der Waals surface area contributed by atoms with Crippen LogP contribution in [0.3, 0.4) is 0 Å². The van der Waals surface area contributed by atoms with Crippen molar-refractivity contribution in [1.82, 2.24) is 9.96 Å². The standard InChI is InChI=1S/C16H17N3O3/c17-10-12-3-1-4-13(9-12)11-18-14(5-6-15(18)20)16(21)19-7-2-8-22-19/h1,3-4,9,14H,2,5-8,11H2. The first-order valence-electron chi connectivity index (χ1n) is 7.42. The van der Waals surface area contributed by atoms with E-state index in [0.29, 0.717) is 38.1 Å². The molecule has 0 saturated carbocycles. The number of benzene rings is 1. The van der Waals surface area contributed by atoms with E-state index in [9.17, 15) is 9.59 Å². The second kappa shape index (κ2) is 6.16. The fourth-order valence-corrected chi connectivity index (χ4v) is 2.91. The van der Waals surface area contributed by atoms with E-state index in [2.05, 4.69) is 6.07 Å². The van der Waals surface area contributed by atoms with Crippen molar-refractivity contribution in [3.05, 3.63) is 35.4 Å². The Labute approximate surface area is 128 Å². The Morgan fingerprint density at radius 3 is 3.05 bits per heavy atom. The minimum absolute atomic E-state index is 0.0279. The zero-order valence-corrected chi connectivity index (χ0v) is 12.2. The molecule has 6 nitrogen and oxygen atoms in total. The SMILES string of the molecule is N#Cc1cccc(CN2C(=O)CCC2C(=O)N2CCCO2)c1. The third kappa shape index (κ3) is 2.81. The summed E-state index contributed by atoms with van der Waals surface area (Å²) >= 11 is 0. The molecule has 2 aliphatic heterocycles. The number of carbonyl (C=O) groups excluding carboxylic acids is 2. The molecule has 1 atom stereocenters. The molecule has 2 saturated heterocycles. The van der Waals surface area contributed by atoms with Crippen molar-refractivity contribution in [2.24, 2.45) is 0 Å². The molecule has 0 N–H and O–H groups in total. The molecular weight excluding hydrogens is 282 g/mol. The van der Waals surface area contributed by atoms with E-state index in [-0.39, 0.29) is 11.8 Å². The van der Waals surface area contributed by atoms with E-state index in [1.807, 2.05) is 6.07 Å². The predicted molar refractivity (Wildman–Crippen MR) is 77.0 cm³/mol. The highest BCUT2D eigenvalue weighted by atomic mass is 16.7. The van der Waals surface area contributed by atoms with Crippen LogP contribution >= 0.6 is 0 Å². The average molecular weight is 299 g/mol. The van der Waals surface area contributed by atoms with Gasteiger partial charge in [0.05, 0.1) is 24.8 Å². The van der Waals surface area contributed by atoms with Crippen LogP contribution in [0, 0.1) is 11.3 Å². The highest BCUT2D eigenvalue weighted by Gasteiger charge is 2.39. The van der Waals surface area contributed by atoms with Crippen LogP contribution in [0.15, 0.2) is 24.3 Å². The maximum absolute atomic E-state index is 12.5. The molecule has 114 valence electrons. The van der Waals surface area contributed by atoms with Gasteiger partial charge >= 0.3 is 0 Å². The lowest BCUT2D eigenvalue weighted by molar-refractivity contribution is -0.174. The Bertz CT molecular complexity index is 632. The van der Waals surface area contributed by atoms with Gasteiger partial charge in [0.2, 0.25) is 5.91 Å². The van der Waals surface area contributed by atoms with Gasteiger partial charge in [0.25, 0.3) is 5.91 Å². The van der Waals surface area contributed by atoms with Crippen molar-refractivity contribution < 1.29 is 14.4 Å². The number of hydroxylamine groups is 2. The molecule has 0 bridgehead atoms. The Kier molecular flexibility index (Phi) is 4.07. The summed E-state index contributed by atoms with van der Waals surface area (Å²) in [7, 11) is 0.